The number of rotatable bonds is 4. The Morgan fingerprint density at radius 3 is 2.79 bits per heavy atom. The molecule has 0 aliphatic rings. The van der Waals surface area contributed by atoms with Gasteiger partial charge in [0, 0.05) is 11.4 Å². The molecular formula is C15H21NO2S. The molecule has 1 aromatic carbocycles. The maximum absolute atomic E-state index is 11.4. The van der Waals surface area contributed by atoms with Crippen molar-refractivity contribution in [1.82, 2.24) is 5.32 Å². The molecular weight excluding hydrogens is 258 g/mol. The molecule has 3 nitrogen and oxygen atoms in total. The predicted molar refractivity (Wildman–Crippen MR) is 81.6 cm³/mol. The Labute approximate surface area is 120 Å². The van der Waals surface area contributed by atoms with Gasteiger partial charge in [0.25, 0.3) is 0 Å². The quantitative estimate of drug-likeness (QED) is 0.648. The van der Waals surface area contributed by atoms with Crippen molar-refractivity contribution < 1.29 is 9.53 Å². The van der Waals surface area contributed by atoms with Crippen molar-refractivity contribution in [3.05, 3.63) is 35.9 Å². The lowest BCUT2D eigenvalue weighted by molar-refractivity contribution is 0.0529. The molecule has 1 aromatic rings. The van der Waals surface area contributed by atoms with E-state index in [0.29, 0.717) is 6.54 Å². The molecule has 0 aliphatic heterocycles. The van der Waals surface area contributed by atoms with Crippen molar-refractivity contribution in [1.29, 1.82) is 0 Å². The third-order valence-corrected chi connectivity index (χ3v) is 2.44. The number of benzene rings is 1. The largest absolute Gasteiger partial charge is 0.444 e. The summed E-state index contributed by atoms with van der Waals surface area (Å²) < 4.78 is 5.13. The fraction of sp³-hybridized carbons (Fsp3) is 0.400. The number of carbonyl (C=O) groups is 1. The smallest absolute Gasteiger partial charge is 0.407 e. The molecule has 0 spiro atoms. The fourth-order valence-corrected chi connectivity index (χ4v) is 1.65. The molecule has 0 atom stereocenters. The summed E-state index contributed by atoms with van der Waals surface area (Å²) in [5, 5.41) is 2.71. The predicted octanol–water partition coefficient (Wildman–Crippen LogP) is 3.90. The van der Waals surface area contributed by atoms with E-state index in [-0.39, 0.29) is 6.09 Å². The van der Waals surface area contributed by atoms with Crippen molar-refractivity contribution in [3.8, 4) is 0 Å². The monoisotopic (exact) mass is 279 g/mol. The van der Waals surface area contributed by atoms with Gasteiger partial charge in [-0.1, -0.05) is 24.3 Å². The minimum Gasteiger partial charge on any atom is -0.444 e. The second-order valence-corrected chi connectivity index (χ2v) is 5.73. The van der Waals surface area contributed by atoms with Gasteiger partial charge in [-0.05, 0) is 44.9 Å². The third-order valence-electron chi connectivity index (χ3n) is 2.16. The van der Waals surface area contributed by atoms with E-state index < -0.39 is 5.60 Å². The molecule has 104 valence electrons. The number of carbonyl (C=O) groups excluding carboxylic acids is 1. The van der Waals surface area contributed by atoms with Gasteiger partial charge in [0.15, 0.2) is 0 Å². The summed E-state index contributed by atoms with van der Waals surface area (Å²) in [4.78, 5) is 12.3. The highest BCUT2D eigenvalue weighted by molar-refractivity contribution is 7.80. The van der Waals surface area contributed by atoms with Crippen LogP contribution in [-0.2, 0) is 4.74 Å². The molecule has 4 heteroatoms. The van der Waals surface area contributed by atoms with Gasteiger partial charge in [-0.2, -0.15) is 0 Å². The normalized spacial score (nSPS) is 11.6. The minimum absolute atomic E-state index is 0.377. The van der Waals surface area contributed by atoms with E-state index in [1.165, 1.54) is 0 Å². The highest BCUT2D eigenvalue weighted by Gasteiger charge is 2.14. The third kappa shape index (κ3) is 7.57. The number of thiol groups is 1. The van der Waals surface area contributed by atoms with E-state index in [1.54, 1.807) is 0 Å². The van der Waals surface area contributed by atoms with Crippen molar-refractivity contribution in [2.75, 3.05) is 6.54 Å². The standard InChI is InChI=1S/C15H21NO2S/c1-15(2,3)18-14(17)16-10-5-4-7-12-8-6-9-13(19)11-12/h4,6-9,11,19H,5,10H2,1-3H3,(H,16,17). The molecule has 0 saturated heterocycles. The van der Waals surface area contributed by atoms with Gasteiger partial charge in [-0.3, -0.25) is 0 Å². The first kappa shape index (κ1) is 15.6. The van der Waals surface area contributed by atoms with E-state index in [1.807, 2.05) is 57.2 Å². The average Bonchev–Trinajstić information content (AvgIpc) is 2.26. The number of hydrogen-bond acceptors (Lipinski definition) is 3. The van der Waals surface area contributed by atoms with Gasteiger partial charge in [-0.15, -0.1) is 12.6 Å². The second-order valence-electron chi connectivity index (χ2n) is 5.21. The zero-order chi connectivity index (χ0) is 14.3. The molecule has 0 saturated carbocycles. The SMILES string of the molecule is CC(C)(C)OC(=O)NCCC=Cc1cccc(S)c1. The first-order valence-corrected chi connectivity index (χ1v) is 6.74. The molecule has 0 aromatic heterocycles. The zero-order valence-corrected chi connectivity index (χ0v) is 12.5. The molecule has 0 heterocycles. The summed E-state index contributed by atoms with van der Waals surface area (Å²) in [5.41, 5.74) is 0.650. The lowest BCUT2D eigenvalue weighted by Gasteiger charge is -2.19. The van der Waals surface area contributed by atoms with Crippen LogP contribution in [0.1, 0.15) is 32.8 Å². The Balaban J connectivity index is 2.26. The molecule has 0 radical (unpaired) electrons. The zero-order valence-electron chi connectivity index (χ0n) is 11.6. The summed E-state index contributed by atoms with van der Waals surface area (Å²) in [6.07, 6.45) is 4.41. The molecule has 1 amide bonds. The molecule has 0 aliphatic carbocycles. The molecule has 0 bridgehead atoms. The number of amides is 1. The number of alkyl carbamates (subject to hydrolysis) is 1. The molecule has 1 rings (SSSR count). The van der Waals surface area contributed by atoms with Crippen molar-refractivity contribution in [2.45, 2.75) is 37.7 Å². The van der Waals surface area contributed by atoms with Crippen LogP contribution in [-0.4, -0.2) is 18.2 Å². The van der Waals surface area contributed by atoms with Crippen LogP contribution in [0.2, 0.25) is 0 Å². The van der Waals surface area contributed by atoms with Crippen molar-refractivity contribution in [3.63, 3.8) is 0 Å². The first-order valence-electron chi connectivity index (χ1n) is 6.29. The fourth-order valence-electron chi connectivity index (χ4n) is 1.42. The van der Waals surface area contributed by atoms with E-state index >= 15 is 0 Å². The van der Waals surface area contributed by atoms with Crippen LogP contribution in [0.4, 0.5) is 4.79 Å². The summed E-state index contributed by atoms with van der Waals surface area (Å²) in [6, 6.07) is 7.89. The van der Waals surface area contributed by atoms with Gasteiger partial charge >= 0.3 is 6.09 Å². The first-order chi connectivity index (χ1) is 8.87. The van der Waals surface area contributed by atoms with Gasteiger partial charge < -0.3 is 10.1 Å². The van der Waals surface area contributed by atoms with E-state index in [4.69, 9.17) is 4.74 Å². The Morgan fingerprint density at radius 2 is 2.16 bits per heavy atom. The number of ether oxygens (including phenoxy) is 1. The maximum Gasteiger partial charge on any atom is 0.407 e. The topological polar surface area (TPSA) is 38.3 Å². The summed E-state index contributed by atoms with van der Waals surface area (Å²) >= 11 is 4.28. The number of hydrogen-bond donors (Lipinski definition) is 2. The van der Waals surface area contributed by atoms with Gasteiger partial charge in [0.1, 0.15) is 5.60 Å². The van der Waals surface area contributed by atoms with Crippen LogP contribution >= 0.6 is 12.6 Å². The Bertz CT molecular complexity index is 450. The summed E-state index contributed by atoms with van der Waals surface area (Å²) in [7, 11) is 0. The average molecular weight is 279 g/mol. The maximum atomic E-state index is 11.4. The van der Waals surface area contributed by atoms with E-state index in [9.17, 15) is 4.79 Å². The van der Waals surface area contributed by atoms with Crippen LogP contribution in [0.5, 0.6) is 0 Å². The second kappa shape index (κ2) is 7.24. The lowest BCUT2D eigenvalue weighted by Crippen LogP contribution is -2.32. The molecule has 0 unspecified atom stereocenters. The molecule has 1 N–H and O–H groups in total. The minimum atomic E-state index is -0.451. The van der Waals surface area contributed by atoms with Crippen molar-refractivity contribution in [2.24, 2.45) is 0 Å². The van der Waals surface area contributed by atoms with Crippen LogP contribution in [0, 0.1) is 0 Å². The van der Waals surface area contributed by atoms with Crippen LogP contribution < -0.4 is 5.32 Å². The van der Waals surface area contributed by atoms with Crippen LogP contribution in [0.3, 0.4) is 0 Å². The van der Waals surface area contributed by atoms with Crippen LogP contribution in [0.15, 0.2) is 35.2 Å². The van der Waals surface area contributed by atoms with Gasteiger partial charge in [0.05, 0.1) is 0 Å². The number of nitrogens with one attached hydrogen (secondary N) is 1. The Morgan fingerprint density at radius 1 is 1.42 bits per heavy atom. The Kier molecular flexibility index (Phi) is 5.96. The Hall–Kier alpha value is -1.42. The molecule has 19 heavy (non-hydrogen) atoms. The summed E-state index contributed by atoms with van der Waals surface area (Å²) in [6.45, 7) is 6.09. The van der Waals surface area contributed by atoms with E-state index in [0.717, 1.165) is 16.9 Å². The van der Waals surface area contributed by atoms with Gasteiger partial charge in [-0.25, -0.2) is 4.79 Å². The molecule has 0 fully saturated rings. The van der Waals surface area contributed by atoms with Crippen LogP contribution in [0.25, 0.3) is 6.08 Å². The lowest BCUT2D eigenvalue weighted by atomic mass is 10.2. The highest BCUT2D eigenvalue weighted by Crippen LogP contribution is 2.10. The van der Waals surface area contributed by atoms with Gasteiger partial charge in [0.2, 0.25) is 0 Å². The summed E-state index contributed by atoms with van der Waals surface area (Å²) in [5.74, 6) is 0. The highest BCUT2D eigenvalue weighted by atomic mass is 32.1. The van der Waals surface area contributed by atoms with E-state index in [2.05, 4.69) is 17.9 Å². The van der Waals surface area contributed by atoms with Crippen molar-refractivity contribution >= 4 is 24.8 Å².